The molecule has 0 aliphatic rings. The fraction of sp³-hybridized carbons (Fsp3) is 0.364. The number of rotatable bonds is 9. The molecule has 0 heterocycles. The molecular formula is C22H29N3O2. The summed E-state index contributed by atoms with van der Waals surface area (Å²) in [6, 6.07) is 17.4. The average Bonchev–Trinajstić information content (AvgIpc) is 2.64. The molecule has 0 spiro atoms. The fourth-order valence-corrected chi connectivity index (χ4v) is 2.82. The summed E-state index contributed by atoms with van der Waals surface area (Å²) < 4.78 is 0. The van der Waals surface area contributed by atoms with Crippen LogP contribution in [-0.4, -0.2) is 18.4 Å². The van der Waals surface area contributed by atoms with Crippen LogP contribution in [0.1, 0.15) is 45.2 Å². The lowest BCUT2D eigenvalue weighted by atomic mass is 10.0. The third kappa shape index (κ3) is 7.23. The predicted molar refractivity (Wildman–Crippen MR) is 111 cm³/mol. The van der Waals surface area contributed by atoms with Crippen LogP contribution in [0.15, 0.2) is 54.6 Å². The lowest BCUT2D eigenvalue weighted by Gasteiger charge is -2.17. The summed E-state index contributed by atoms with van der Waals surface area (Å²) >= 11 is 0. The van der Waals surface area contributed by atoms with Crippen molar-refractivity contribution in [2.45, 2.75) is 39.7 Å². The van der Waals surface area contributed by atoms with Gasteiger partial charge in [-0.2, -0.15) is 0 Å². The Labute approximate surface area is 161 Å². The van der Waals surface area contributed by atoms with Gasteiger partial charge in [-0.3, -0.25) is 9.59 Å². The highest BCUT2D eigenvalue weighted by Gasteiger charge is 2.11. The molecule has 0 aliphatic heterocycles. The van der Waals surface area contributed by atoms with Crippen molar-refractivity contribution in [1.82, 2.24) is 5.32 Å². The van der Waals surface area contributed by atoms with E-state index in [1.165, 1.54) is 5.56 Å². The molecule has 0 fully saturated rings. The first-order chi connectivity index (χ1) is 13.0. The van der Waals surface area contributed by atoms with Gasteiger partial charge in [0.25, 0.3) is 0 Å². The summed E-state index contributed by atoms with van der Waals surface area (Å²) in [6.07, 6.45) is 1.40. The number of nitrogens with one attached hydrogen (secondary N) is 3. The van der Waals surface area contributed by atoms with Gasteiger partial charge in [0.2, 0.25) is 11.8 Å². The third-order valence-corrected chi connectivity index (χ3v) is 4.17. The number of benzene rings is 2. The van der Waals surface area contributed by atoms with Crippen LogP contribution in [0.4, 0.5) is 11.4 Å². The van der Waals surface area contributed by atoms with E-state index in [4.69, 9.17) is 0 Å². The van der Waals surface area contributed by atoms with Crippen molar-refractivity contribution >= 4 is 23.2 Å². The molecule has 27 heavy (non-hydrogen) atoms. The normalized spacial score (nSPS) is 11.9. The maximum Gasteiger partial charge on any atom is 0.238 e. The van der Waals surface area contributed by atoms with Crippen LogP contribution in [0.2, 0.25) is 0 Å². The van der Waals surface area contributed by atoms with Crippen LogP contribution in [0.3, 0.4) is 0 Å². The molecule has 1 unspecified atom stereocenters. The number of hydrogen-bond acceptors (Lipinski definition) is 3. The minimum atomic E-state index is -0.0963. The topological polar surface area (TPSA) is 70.2 Å². The second kappa shape index (κ2) is 10.5. The Hall–Kier alpha value is -2.66. The number of amides is 2. The Kier molecular flexibility index (Phi) is 8.01. The molecule has 2 aromatic rings. The molecule has 2 rings (SSSR count). The van der Waals surface area contributed by atoms with Crippen LogP contribution in [-0.2, 0) is 9.59 Å². The Morgan fingerprint density at radius 3 is 1.93 bits per heavy atom. The van der Waals surface area contributed by atoms with Crippen LogP contribution >= 0.6 is 0 Å². The number of anilines is 2. The zero-order valence-electron chi connectivity index (χ0n) is 16.3. The molecule has 0 bridgehead atoms. The molecule has 0 aliphatic carbocycles. The SMILES string of the molecule is CCC(NCC(=O)Nc1ccc(NC(=O)CC(C)C)cc1)c1ccccc1. The zero-order valence-corrected chi connectivity index (χ0v) is 16.3. The summed E-state index contributed by atoms with van der Waals surface area (Å²) in [5.41, 5.74) is 2.61. The monoisotopic (exact) mass is 367 g/mol. The van der Waals surface area contributed by atoms with E-state index in [0.717, 1.165) is 12.1 Å². The molecule has 5 heteroatoms. The van der Waals surface area contributed by atoms with Gasteiger partial charge in [0.1, 0.15) is 0 Å². The van der Waals surface area contributed by atoms with E-state index in [1.807, 2.05) is 32.0 Å². The summed E-state index contributed by atoms with van der Waals surface area (Å²) in [7, 11) is 0. The standard InChI is InChI=1S/C22H29N3O2/c1-4-20(17-8-6-5-7-9-17)23-15-22(27)25-19-12-10-18(11-13-19)24-21(26)14-16(2)3/h5-13,16,20,23H,4,14-15H2,1-3H3,(H,24,26)(H,25,27). The summed E-state index contributed by atoms with van der Waals surface area (Å²) in [4.78, 5) is 24.0. The predicted octanol–water partition coefficient (Wildman–Crippen LogP) is 4.35. The van der Waals surface area contributed by atoms with E-state index in [2.05, 4.69) is 35.0 Å². The lowest BCUT2D eigenvalue weighted by molar-refractivity contribution is -0.117. The van der Waals surface area contributed by atoms with Crippen LogP contribution in [0.5, 0.6) is 0 Å². The molecule has 3 N–H and O–H groups in total. The first-order valence-corrected chi connectivity index (χ1v) is 9.46. The molecule has 2 aromatic carbocycles. The minimum Gasteiger partial charge on any atom is -0.326 e. The summed E-state index contributed by atoms with van der Waals surface area (Å²) in [6.45, 7) is 6.34. The second-order valence-corrected chi connectivity index (χ2v) is 7.02. The van der Waals surface area contributed by atoms with E-state index in [1.54, 1.807) is 24.3 Å². The third-order valence-electron chi connectivity index (χ3n) is 4.17. The Morgan fingerprint density at radius 2 is 1.41 bits per heavy atom. The Bertz CT molecular complexity index is 727. The van der Waals surface area contributed by atoms with E-state index >= 15 is 0 Å². The van der Waals surface area contributed by atoms with Crippen molar-refractivity contribution in [3.05, 3.63) is 60.2 Å². The second-order valence-electron chi connectivity index (χ2n) is 7.02. The van der Waals surface area contributed by atoms with Gasteiger partial charge in [-0.15, -0.1) is 0 Å². The highest BCUT2D eigenvalue weighted by Crippen LogP contribution is 2.16. The van der Waals surface area contributed by atoms with Gasteiger partial charge < -0.3 is 16.0 Å². The smallest absolute Gasteiger partial charge is 0.238 e. The van der Waals surface area contributed by atoms with Gasteiger partial charge in [-0.25, -0.2) is 0 Å². The maximum absolute atomic E-state index is 12.2. The van der Waals surface area contributed by atoms with Crippen molar-refractivity contribution < 1.29 is 9.59 Å². The highest BCUT2D eigenvalue weighted by molar-refractivity contribution is 5.93. The highest BCUT2D eigenvalue weighted by atomic mass is 16.2. The van der Waals surface area contributed by atoms with Gasteiger partial charge in [0.15, 0.2) is 0 Å². The molecule has 5 nitrogen and oxygen atoms in total. The van der Waals surface area contributed by atoms with Gasteiger partial charge in [-0.1, -0.05) is 51.1 Å². The average molecular weight is 367 g/mol. The quantitative estimate of drug-likeness (QED) is 0.617. The molecule has 0 saturated carbocycles. The van der Waals surface area contributed by atoms with Crippen molar-refractivity contribution in [2.24, 2.45) is 5.92 Å². The zero-order chi connectivity index (χ0) is 19.6. The molecule has 0 radical (unpaired) electrons. The molecular weight excluding hydrogens is 338 g/mol. The number of hydrogen-bond donors (Lipinski definition) is 3. The summed E-state index contributed by atoms with van der Waals surface area (Å²) in [5, 5.41) is 9.02. The van der Waals surface area contributed by atoms with Crippen molar-refractivity contribution in [1.29, 1.82) is 0 Å². The van der Waals surface area contributed by atoms with E-state index in [0.29, 0.717) is 18.0 Å². The van der Waals surface area contributed by atoms with Gasteiger partial charge in [0, 0.05) is 23.8 Å². The Morgan fingerprint density at radius 1 is 0.852 bits per heavy atom. The van der Waals surface area contributed by atoms with Gasteiger partial charge >= 0.3 is 0 Å². The first kappa shape index (κ1) is 20.6. The maximum atomic E-state index is 12.2. The van der Waals surface area contributed by atoms with Gasteiger partial charge in [-0.05, 0) is 42.2 Å². The van der Waals surface area contributed by atoms with Crippen molar-refractivity contribution in [2.75, 3.05) is 17.2 Å². The van der Waals surface area contributed by atoms with Crippen LogP contribution in [0.25, 0.3) is 0 Å². The largest absolute Gasteiger partial charge is 0.326 e. The molecule has 1 atom stereocenters. The van der Waals surface area contributed by atoms with E-state index in [9.17, 15) is 9.59 Å². The van der Waals surface area contributed by atoms with E-state index in [-0.39, 0.29) is 24.4 Å². The van der Waals surface area contributed by atoms with Gasteiger partial charge in [0.05, 0.1) is 6.54 Å². The number of carbonyl (C=O) groups excluding carboxylic acids is 2. The fourth-order valence-electron chi connectivity index (χ4n) is 2.82. The molecule has 0 aromatic heterocycles. The lowest BCUT2D eigenvalue weighted by Crippen LogP contribution is -2.31. The molecule has 0 saturated heterocycles. The number of carbonyl (C=O) groups is 2. The first-order valence-electron chi connectivity index (χ1n) is 9.46. The molecule has 144 valence electrons. The van der Waals surface area contributed by atoms with Crippen LogP contribution < -0.4 is 16.0 Å². The minimum absolute atomic E-state index is 0.00231. The summed E-state index contributed by atoms with van der Waals surface area (Å²) in [5.74, 6) is 0.220. The van der Waals surface area contributed by atoms with Crippen molar-refractivity contribution in [3.63, 3.8) is 0 Å². The van der Waals surface area contributed by atoms with E-state index < -0.39 is 0 Å². The van der Waals surface area contributed by atoms with Crippen molar-refractivity contribution in [3.8, 4) is 0 Å². The van der Waals surface area contributed by atoms with Crippen LogP contribution in [0, 0.1) is 5.92 Å². The Balaban J connectivity index is 1.82. The molecule has 2 amide bonds.